The van der Waals surface area contributed by atoms with Gasteiger partial charge >= 0.3 is 12.1 Å². The first-order valence-electron chi connectivity index (χ1n) is 12.4. The largest absolute Gasteiger partial charge is 0.490 e. The number of fused-ring (bicyclic) bond motifs is 1. The Balaban J connectivity index is 1.59. The molecule has 0 amide bonds. The lowest BCUT2D eigenvalue weighted by Crippen LogP contribution is -2.37. The van der Waals surface area contributed by atoms with Gasteiger partial charge in [-0.15, -0.1) is 0 Å². The number of rotatable bonds is 6. The molecule has 0 aromatic heterocycles. The minimum Gasteiger partial charge on any atom is -0.490 e. The summed E-state index contributed by atoms with van der Waals surface area (Å²) in [6.07, 6.45) is 0.804. The van der Waals surface area contributed by atoms with Crippen molar-refractivity contribution in [2.75, 3.05) is 13.1 Å². The first-order valence-corrected chi connectivity index (χ1v) is 12.4. The number of ether oxygens (including phenoxy) is 1. The minimum absolute atomic E-state index is 0.00418. The van der Waals surface area contributed by atoms with Crippen LogP contribution in [0.1, 0.15) is 76.0 Å². The van der Waals surface area contributed by atoms with Crippen molar-refractivity contribution in [2.45, 2.75) is 77.1 Å². The molecule has 0 bridgehead atoms. The number of nitrogens with zero attached hydrogens (tertiary/aromatic N) is 1. The number of halogens is 3. The van der Waals surface area contributed by atoms with Crippen molar-refractivity contribution < 1.29 is 27.8 Å². The molecule has 7 heteroatoms. The molecule has 1 N–H and O–H groups in total. The summed E-state index contributed by atoms with van der Waals surface area (Å²) < 4.78 is 48.4. The predicted molar refractivity (Wildman–Crippen MR) is 126 cm³/mol. The molecule has 2 aromatic rings. The summed E-state index contributed by atoms with van der Waals surface area (Å²) in [5.41, 5.74) is 0.244. The highest BCUT2D eigenvalue weighted by molar-refractivity contribution is 5.89. The number of carboxylic acid groups (broad SMARTS) is 1. The quantitative estimate of drug-likeness (QED) is 0.484. The van der Waals surface area contributed by atoms with Gasteiger partial charge in [0.05, 0.1) is 6.10 Å². The number of likely N-dealkylation sites (tertiary alicyclic amines) is 1. The van der Waals surface area contributed by atoms with E-state index in [1.807, 2.05) is 13.0 Å². The molecule has 2 aromatic carbocycles. The molecule has 1 unspecified atom stereocenters. The van der Waals surface area contributed by atoms with Gasteiger partial charge in [0.1, 0.15) is 11.3 Å². The normalized spacial score (nSPS) is 25.3. The summed E-state index contributed by atoms with van der Waals surface area (Å²) in [7, 11) is 0. The van der Waals surface area contributed by atoms with Crippen LogP contribution in [0.2, 0.25) is 0 Å². The average Bonchev–Trinajstić information content (AvgIpc) is 2.78. The standard InChI is InChI=1S/C27H34F3NO3/c1-17-5-9-22(10-6-17)34-24-12-8-21-15-20(7-11-23(21)26(24)27(28,29)30)18(2)31-13-3-4-19(16-31)14-25(32)33/h7-8,11-12,15,17-19,22H,3-6,9-10,13-14,16H2,1-2H3,(H,32,33)/t17-,18?,19-,22+/m1/s1. The van der Waals surface area contributed by atoms with Crippen LogP contribution in [-0.2, 0) is 11.0 Å². The molecule has 4 nitrogen and oxygen atoms in total. The Labute approximate surface area is 199 Å². The fraction of sp³-hybridized carbons (Fsp3) is 0.593. The Morgan fingerprint density at radius 3 is 2.56 bits per heavy atom. The molecule has 1 saturated heterocycles. The van der Waals surface area contributed by atoms with E-state index in [4.69, 9.17) is 9.84 Å². The van der Waals surface area contributed by atoms with Crippen molar-refractivity contribution in [1.29, 1.82) is 0 Å². The van der Waals surface area contributed by atoms with Crippen LogP contribution >= 0.6 is 0 Å². The van der Waals surface area contributed by atoms with E-state index in [-0.39, 0.29) is 35.6 Å². The molecule has 1 aliphatic heterocycles. The zero-order chi connectivity index (χ0) is 24.5. The van der Waals surface area contributed by atoms with E-state index in [0.717, 1.165) is 50.6 Å². The fourth-order valence-corrected chi connectivity index (χ4v) is 5.58. The second kappa shape index (κ2) is 10.1. The van der Waals surface area contributed by atoms with Gasteiger partial charge in [-0.3, -0.25) is 9.69 Å². The summed E-state index contributed by atoms with van der Waals surface area (Å²) in [5.74, 6) is -0.162. The van der Waals surface area contributed by atoms with E-state index in [1.165, 1.54) is 6.07 Å². The fourth-order valence-electron chi connectivity index (χ4n) is 5.58. The third kappa shape index (κ3) is 5.68. The van der Waals surface area contributed by atoms with E-state index in [1.54, 1.807) is 18.2 Å². The second-order valence-corrected chi connectivity index (χ2v) is 10.2. The molecule has 186 valence electrons. The summed E-state index contributed by atoms with van der Waals surface area (Å²) in [6, 6.07) is 8.37. The summed E-state index contributed by atoms with van der Waals surface area (Å²) >= 11 is 0. The summed E-state index contributed by atoms with van der Waals surface area (Å²) in [6.45, 7) is 5.75. The van der Waals surface area contributed by atoms with Gasteiger partial charge in [-0.1, -0.05) is 25.1 Å². The maximum atomic E-state index is 14.2. The molecule has 1 heterocycles. The van der Waals surface area contributed by atoms with Crippen molar-refractivity contribution in [3.05, 3.63) is 41.5 Å². The smallest absolute Gasteiger partial charge is 0.420 e. The highest BCUT2D eigenvalue weighted by Gasteiger charge is 2.37. The van der Waals surface area contributed by atoms with Crippen LogP contribution in [0.3, 0.4) is 0 Å². The van der Waals surface area contributed by atoms with Crippen LogP contribution in [0, 0.1) is 11.8 Å². The first-order chi connectivity index (χ1) is 16.1. The molecule has 34 heavy (non-hydrogen) atoms. The number of benzene rings is 2. The molecule has 1 aliphatic carbocycles. The number of piperidine rings is 1. The Bertz CT molecular complexity index is 1010. The lowest BCUT2D eigenvalue weighted by molar-refractivity contribution is -0.139. The van der Waals surface area contributed by atoms with E-state index < -0.39 is 17.7 Å². The third-order valence-corrected chi connectivity index (χ3v) is 7.59. The Morgan fingerprint density at radius 1 is 1.15 bits per heavy atom. The van der Waals surface area contributed by atoms with Crippen LogP contribution in [0.25, 0.3) is 10.8 Å². The van der Waals surface area contributed by atoms with E-state index >= 15 is 0 Å². The first kappa shape index (κ1) is 24.8. The molecule has 4 rings (SSSR count). The van der Waals surface area contributed by atoms with Gasteiger partial charge in [0.15, 0.2) is 0 Å². The number of carboxylic acids is 1. The van der Waals surface area contributed by atoms with Crippen molar-refractivity contribution in [3.63, 3.8) is 0 Å². The van der Waals surface area contributed by atoms with Crippen molar-refractivity contribution >= 4 is 16.7 Å². The van der Waals surface area contributed by atoms with Crippen molar-refractivity contribution in [1.82, 2.24) is 4.90 Å². The molecular weight excluding hydrogens is 443 g/mol. The van der Waals surface area contributed by atoms with Crippen LogP contribution in [0.5, 0.6) is 5.75 Å². The summed E-state index contributed by atoms with van der Waals surface area (Å²) in [4.78, 5) is 13.4. The van der Waals surface area contributed by atoms with Crippen LogP contribution in [-0.4, -0.2) is 35.2 Å². The van der Waals surface area contributed by atoms with Gasteiger partial charge in [0, 0.05) is 19.0 Å². The van der Waals surface area contributed by atoms with Gasteiger partial charge in [-0.2, -0.15) is 13.2 Å². The summed E-state index contributed by atoms with van der Waals surface area (Å²) in [5, 5.41) is 9.84. The highest BCUT2D eigenvalue weighted by Crippen LogP contribution is 2.43. The monoisotopic (exact) mass is 477 g/mol. The molecule has 2 atom stereocenters. The zero-order valence-corrected chi connectivity index (χ0v) is 19.9. The Morgan fingerprint density at radius 2 is 1.88 bits per heavy atom. The van der Waals surface area contributed by atoms with Crippen LogP contribution in [0.15, 0.2) is 30.3 Å². The molecule has 0 spiro atoms. The van der Waals surface area contributed by atoms with Gasteiger partial charge in [-0.05, 0) is 92.3 Å². The number of aliphatic carboxylic acids is 1. The SMILES string of the molecule is CC(c1ccc2c(C(F)(F)F)c(O[C@H]3CC[C@@H](C)CC3)ccc2c1)N1CCC[C@H](CC(=O)O)C1. The predicted octanol–water partition coefficient (Wildman–Crippen LogP) is 7.06. The second-order valence-electron chi connectivity index (χ2n) is 10.2. The lowest BCUT2D eigenvalue weighted by atomic mass is 9.89. The van der Waals surface area contributed by atoms with Crippen molar-refractivity contribution in [3.8, 4) is 5.75 Å². The van der Waals surface area contributed by atoms with Crippen LogP contribution in [0.4, 0.5) is 13.2 Å². The highest BCUT2D eigenvalue weighted by atomic mass is 19.4. The maximum Gasteiger partial charge on any atom is 0.420 e. The molecular formula is C27H34F3NO3. The third-order valence-electron chi connectivity index (χ3n) is 7.59. The van der Waals surface area contributed by atoms with Gasteiger partial charge < -0.3 is 9.84 Å². The molecule has 2 fully saturated rings. The van der Waals surface area contributed by atoms with Crippen LogP contribution < -0.4 is 4.74 Å². The number of alkyl halides is 3. The zero-order valence-electron chi connectivity index (χ0n) is 19.9. The van der Waals surface area contributed by atoms with E-state index in [9.17, 15) is 18.0 Å². The van der Waals surface area contributed by atoms with Gasteiger partial charge in [0.2, 0.25) is 0 Å². The average molecular weight is 478 g/mol. The van der Waals surface area contributed by atoms with Gasteiger partial charge in [-0.25, -0.2) is 0 Å². The molecule has 0 radical (unpaired) electrons. The maximum absolute atomic E-state index is 14.2. The van der Waals surface area contributed by atoms with E-state index in [0.29, 0.717) is 17.8 Å². The lowest BCUT2D eigenvalue weighted by Gasteiger charge is -2.36. The minimum atomic E-state index is -4.51. The van der Waals surface area contributed by atoms with Gasteiger partial charge in [0.25, 0.3) is 0 Å². The number of hydrogen-bond acceptors (Lipinski definition) is 3. The molecule has 1 saturated carbocycles. The Kier molecular flexibility index (Phi) is 7.41. The van der Waals surface area contributed by atoms with E-state index in [2.05, 4.69) is 11.8 Å². The Hall–Kier alpha value is -2.28. The molecule has 2 aliphatic rings. The number of carbonyl (C=O) groups is 1. The number of hydrogen-bond donors (Lipinski definition) is 1. The topological polar surface area (TPSA) is 49.8 Å². The van der Waals surface area contributed by atoms with Crippen molar-refractivity contribution in [2.24, 2.45) is 11.8 Å².